The number of nitrogens with one attached hydrogen (secondary N) is 1. The Balaban J connectivity index is 1.91. The van der Waals surface area contributed by atoms with Gasteiger partial charge in [0, 0.05) is 26.2 Å². The Labute approximate surface area is 109 Å². The summed E-state index contributed by atoms with van der Waals surface area (Å²) in [6.45, 7) is 5.27. The van der Waals surface area contributed by atoms with E-state index in [1.54, 1.807) is 0 Å². The molecule has 1 heterocycles. The minimum Gasteiger partial charge on any atom is -0.297 e. The summed E-state index contributed by atoms with van der Waals surface area (Å²) in [6, 6.07) is 6.59. The van der Waals surface area contributed by atoms with Crippen LogP contribution in [0.15, 0.2) is 18.2 Å². The van der Waals surface area contributed by atoms with Crippen molar-refractivity contribution >= 4 is 10.0 Å². The van der Waals surface area contributed by atoms with E-state index >= 15 is 0 Å². The molecule has 4 nitrogen and oxygen atoms in total. The van der Waals surface area contributed by atoms with E-state index in [2.05, 4.69) is 34.7 Å². The molecular weight excluding hydrogens is 248 g/mol. The summed E-state index contributed by atoms with van der Waals surface area (Å²) in [5, 5.41) is 0. The number of hydrogen-bond acceptors (Lipinski definition) is 3. The van der Waals surface area contributed by atoms with Gasteiger partial charge in [-0.1, -0.05) is 23.8 Å². The smallest absolute Gasteiger partial charge is 0.208 e. The zero-order chi connectivity index (χ0) is 13.2. The van der Waals surface area contributed by atoms with Crippen molar-refractivity contribution in [2.24, 2.45) is 0 Å². The molecular formula is C13H20N2O2S. The molecule has 5 heteroatoms. The fourth-order valence-corrected chi connectivity index (χ4v) is 2.79. The molecule has 1 aliphatic rings. The molecule has 0 amide bonds. The van der Waals surface area contributed by atoms with E-state index in [0.717, 1.165) is 26.1 Å². The normalized spacial score (nSPS) is 16.6. The Morgan fingerprint density at radius 2 is 2.11 bits per heavy atom. The van der Waals surface area contributed by atoms with E-state index in [1.165, 1.54) is 22.9 Å². The van der Waals surface area contributed by atoms with Crippen molar-refractivity contribution < 1.29 is 8.42 Å². The van der Waals surface area contributed by atoms with E-state index in [0.29, 0.717) is 6.54 Å². The molecule has 0 saturated carbocycles. The van der Waals surface area contributed by atoms with Gasteiger partial charge >= 0.3 is 0 Å². The largest absolute Gasteiger partial charge is 0.297 e. The average molecular weight is 268 g/mol. The standard InChI is InChI=1S/C13H20N2O2S/c1-11-3-4-12-5-7-15(10-13(12)9-11)8-6-14-18(2,16)17/h3-4,9,14H,5-8,10H2,1-2H3. The van der Waals surface area contributed by atoms with Gasteiger partial charge in [-0.3, -0.25) is 4.90 Å². The van der Waals surface area contributed by atoms with Gasteiger partial charge in [0.25, 0.3) is 0 Å². The van der Waals surface area contributed by atoms with Gasteiger partial charge < -0.3 is 0 Å². The minimum atomic E-state index is -3.07. The third-order valence-corrected chi connectivity index (χ3v) is 3.97. The first-order valence-corrected chi connectivity index (χ1v) is 8.08. The average Bonchev–Trinajstić information content (AvgIpc) is 2.26. The molecule has 1 aromatic rings. The van der Waals surface area contributed by atoms with Crippen LogP contribution in [0.2, 0.25) is 0 Å². The maximum absolute atomic E-state index is 11.0. The molecule has 1 aliphatic heterocycles. The van der Waals surface area contributed by atoms with Crippen molar-refractivity contribution in [3.8, 4) is 0 Å². The molecule has 0 fully saturated rings. The molecule has 0 unspecified atom stereocenters. The van der Waals surface area contributed by atoms with Crippen LogP contribution in [-0.2, 0) is 23.0 Å². The molecule has 0 spiro atoms. The van der Waals surface area contributed by atoms with Crippen LogP contribution in [0.1, 0.15) is 16.7 Å². The number of benzene rings is 1. The summed E-state index contributed by atoms with van der Waals surface area (Å²) >= 11 is 0. The molecule has 2 rings (SSSR count). The van der Waals surface area contributed by atoms with Gasteiger partial charge in [-0.15, -0.1) is 0 Å². The van der Waals surface area contributed by atoms with Gasteiger partial charge in [0.15, 0.2) is 0 Å². The molecule has 18 heavy (non-hydrogen) atoms. The lowest BCUT2D eigenvalue weighted by Gasteiger charge is -2.28. The molecule has 0 aromatic heterocycles. The summed E-state index contributed by atoms with van der Waals surface area (Å²) in [4.78, 5) is 2.29. The Morgan fingerprint density at radius 3 is 2.83 bits per heavy atom. The third-order valence-electron chi connectivity index (χ3n) is 3.25. The van der Waals surface area contributed by atoms with Crippen molar-refractivity contribution in [2.75, 3.05) is 25.9 Å². The van der Waals surface area contributed by atoms with Crippen LogP contribution in [0, 0.1) is 6.92 Å². The van der Waals surface area contributed by atoms with Crippen LogP contribution in [0.3, 0.4) is 0 Å². The molecule has 1 aromatic carbocycles. The second-order valence-corrected chi connectivity index (χ2v) is 6.80. The highest BCUT2D eigenvalue weighted by molar-refractivity contribution is 7.88. The van der Waals surface area contributed by atoms with Crippen LogP contribution in [0.25, 0.3) is 0 Å². The van der Waals surface area contributed by atoms with Gasteiger partial charge in [0.1, 0.15) is 0 Å². The molecule has 0 atom stereocenters. The zero-order valence-electron chi connectivity index (χ0n) is 10.9. The predicted molar refractivity (Wildman–Crippen MR) is 73.0 cm³/mol. The van der Waals surface area contributed by atoms with Crippen molar-refractivity contribution in [3.05, 3.63) is 34.9 Å². The SMILES string of the molecule is Cc1ccc2c(c1)CN(CCNS(C)(=O)=O)CC2. The van der Waals surface area contributed by atoms with E-state index in [9.17, 15) is 8.42 Å². The fourth-order valence-electron chi connectivity index (χ4n) is 2.32. The Morgan fingerprint density at radius 1 is 1.33 bits per heavy atom. The molecule has 0 aliphatic carbocycles. The van der Waals surface area contributed by atoms with Crippen LogP contribution in [-0.4, -0.2) is 39.2 Å². The first-order valence-electron chi connectivity index (χ1n) is 6.19. The number of rotatable bonds is 4. The topological polar surface area (TPSA) is 49.4 Å². The molecule has 100 valence electrons. The van der Waals surface area contributed by atoms with Gasteiger partial charge in [-0.05, 0) is 24.5 Å². The minimum absolute atomic E-state index is 0.486. The Hall–Kier alpha value is -0.910. The molecule has 1 N–H and O–H groups in total. The van der Waals surface area contributed by atoms with Crippen molar-refractivity contribution in [3.63, 3.8) is 0 Å². The fraction of sp³-hybridized carbons (Fsp3) is 0.538. The van der Waals surface area contributed by atoms with Crippen LogP contribution >= 0.6 is 0 Å². The highest BCUT2D eigenvalue weighted by atomic mass is 32.2. The number of fused-ring (bicyclic) bond motifs is 1. The van der Waals surface area contributed by atoms with Crippen LogP contribution < -0.4 is 4.72 Å². The first-order chi connectivity index (χ1) is 8.44. The number of nitrogens with zero attached hydrogens (tertiary/aromatic N) is 1. The van der Waals surface area contributed by atoms with E-state index < -0.39 is 10.0 Å². The van der Waals surface area contributed by atoms with Gasteiger partial charge in [-0.25, -0.2) is 13.1 Å². The number of hydrogen-bond donors (Lipinski definition) is 1. The molecule has 0 radical (unpaired) electrons. The molecule has 0 saturated heterocycles. The van der Waals surface area contributed by atoms with Crippen LogP contribution in [0.5, 0.6) is 0 Å². The number of aryl methyl sites for hydroxylation is 1. The number of sulfonamides is 1. The lowest BCUT2D eigenvalue weighted by Crippen LogP contribution is -2.37. The second-order valence-electron chi connectivity index (χ2n) is 4.96. The van der Waals surface area contributed by atoms with Crippen molar-refractivity contribution in [1.82, 2.24) is 9.62 Å². The van der Waals surface area contributed by atoms with E-state index in [4.69, 9.17) is 0 Å². The monoisotopic (exact) mass is 268 g/mol. The third kappa shape index (κ3) is 3.80. The summed E-state index contributed by atoms with van der Waals surface area (Å²) in [5.74, 6) is 0. The Bertz CT molecular complexity index is 526. The maximum atomic E-state index is 11.0. The van der Waals surface area contributed by atoms with Crippen molar-refractivity contribution in [2.45, 2.75) is 19.9 Å². The zero-order valence-corrected chi connectivity index (χ0v) is 11.8. The van der Waals surface area contributed by atoms with Gasteiger partial charge in [0.2, 0.25) is 10.0 Å². The first kappa shape index (κ1) is 13.5. The summed E-state index contributed by atoms with van der Waals surface area (Å²) in [6.07, 6.45) is 2.25. The lowest BCUT2D eigenvalue weighted by molar-refractivity contribution is 0.258. The Kier molecular flexibility index (Phi) is 4.04. The van der Waals surface area contributed by atoms with E-state index in [1.807, 2.05) is 0 Å². The van der Waals surface area contributed by atoms with Gasteiger partial charge in [0.05, 0.1) is 6.26 Å². The summed E-state index contributed by atoms with van der Waals surface area (Å²) in [5.41, 5.74) is 4.08. The highest BCUT2D eigenvalue weighted by Crippen LogP contribution is 2.19. The van der Waals surface area contributed by atoms with Crippen molar-refractivity contribution in [1.29, 1.82) is 0 Å². The summed E-state index contributed by atoms with van der Waals surface area (Å²) < 4.78 is 24.5. The van der Waals surface area contributed by atoms with Gasteiger partial charge in [-0.2, -0.15) is 0 Å². The predicted octanol–water partition coefficient (Wildman–Crippen LogP) is 0.902. The van der Waals surface area contributed by atoms with E-state index in [-0.39, 0.29) is 0 Å². The summed E-state index contributed by atoms with van der Waals surface area (Å²) in [7, 11) is -3.07. The maximum Gasteiger partial charge on any atom is 0.208 e. The quantitative estimate of drug-likeness (QED) is 0.883. The second kappa shape index (κ2) is 5.38. The lowest BCUT2D eigenvalue weighted by atomic mass is 9.98. The highest BCUT2D eigenvalue weighted by Gasteiger charge is 2.15. The molecule has 0 bridgehead atoms. The van der Waals surface area contributed by atoms with Crippen LogP contribution in [0.4, 0.5) is 0 Å².